The normalized spacial score (nSPS) is 13.6. The van der Waals surface area contributed by atoms with Crippen molar-refractivity contribution < 1.29 is 4.74 Å². The summed E-state index contributed by atoms with van der Waals surface area (Å²) in [5.74, 6) is 1.92. The van der Waals surface area contributed by atoms with Crippen molar-refractivity contribution in [2.24, 2.45) is 0 Å². The fraction of sp³-hybridized carbons (Fsp3) is 0.412. The standard InChI is InChI=1S/C17H21N3O/c1-21-14-8-6-13(7-9-14)10-11-18-17-15-4-2-3-5-16(15)19-12-20-17/h6-9,12H,2-5,10-11H2,1H3,(H,18,19,20). The van der Waals surface area contributed by atoms with E-state index in [2.05, 4.69) is 27.4 Å². The number of ether oxygens (including phenoxy) is 1. The van der Waals surface area contributed by atoms with Crippen LogP contribution >= 0.6 is 0 Å². The highest BCUT2D eigenvalue weighted by Gasteiger charge is 2.14. The quantitative estimate of drug-likeness (QED) is 0.916. The van der Waals surface area contributed by atoms with Crippen LogP contribution in [0.15, 0.2) is 30.6 Å². The van der Waals surface area contributed by atoms with Gasteiger partial charge in [0.2, 0.25) is 0 Å². The van der Waals surface area contributed by atoms with Crippen LogP contribution in [0.4, 0.5) is 5.82 Å². The number of aryl methyl sites for hydroxylation is 1. The fourth-order valence-corrected chi connectivity index (χ4v) is 2.79. The smallest absolute Gasteiger partial charge is 0.132 e. The van der Waals surface area contributed by atoms with Crippen LogP contribution in [0.1, 0.15) is 29.7 Å². The Morgan fingerprint density at radius 2 is 1.90 bits per heavy atom. The van der Waals surface area contributed by atoms with Crippen molar-refractivity contribution in [2.45, 2.75) is 32.1 Å². The Balaban J connectivity index is 1.60. The molecule has 4 nitrogen and oxygen atoms in total. The molecule has 0 saturated heterocycles. The van der Waals surface area contributed by atoms with Crippen LogP contribution < -0.4 is 10.1 Å². The Kier molecular flexibility index (Phi) is 4.34. The van der Waals surface area contributed by atoms with Crippen molar-refractivity contribution in [3.8, 4) is 5.75 Å². The third-order valence-electron chi connectivity index (χ3n) is 3.99. The molecule has 0 fully saturated rings. The van der Waals surface area contributed by atoms with Crippen LogP contribution in [0.5, 0.6) is 5.75 Å². The SMILES string of the molecule is COc1ccc(CCNc2ncnc3c2CCCC3)cc1. The van der Waals surface area contributed by atoms with Crippen molar-refractivity contribution in [3.63, 3.8) is 0 Å². The lowest BCUT2D eigenvalue weighted by Crippen LogP contribution is -2.13. The van der Waals surface area contributed by atoms with Crippen LogP contribution in [0.2, 0.25) is 0 Å². The minimum absolute atomic E-state index is 0.885. The molecule has 1 aromatic heterocycles. The molecule has 1 aliphatic rings. The zero-order chi connectivity index (χ0) is 14.5. The highest BCUT2D eigenvalue weighted by Crippen LogP contribution is 2.24. The molecular formula is C17H21N3O. The van der Waals surface area contributed by atoms with Crippen molar-refractivity contribution in [3.05, 3.63) is 47.4 Å². The number of methoxy groups -OCH3 is 1. The number of hydrogen-bond acceptors (Lipinski definition) is 4. The van der Waals surface area contributed by atoms with Gasteiger partial charge in [-0.1, -0.05) is 12.1 Å². The van der Waals surface area contributed by atoms with E-state index < -0.39 is 0 Å². The molecule has 0 radical (unpaired) electrons. The second kappa shape index (κ2) is 6.57. The van der Waals surface area contributed by atoms with E-state index >= 15 is 0 Å². The molecule has 3 rings (SSSR count). The summed E-state index contributed by atoms with van der Waals surface area (Å²) in [4.78, 5) is 8.81. The molecule has 0 bridgehead atoms. The van der Waals surface area contributed by atoms with Gasteiger partial charge in [0.15, 0.2) is 0 Å². The molecular weight excluding hydrogens is 262 g/mol. The van der Waals surface area contributed by atoms with Crippen LogP contribution in [0, 0.1) is 0 Å². The third-order valence-corrected chi connectivity index (χ3v) is 3.99. The van der Waals surface area contributed by atoms with Crippen molar-refractivity contribution in [1.29, 1.82) is 0 Å². The topological polar surface area (TPSA) is 47.0 Å². The average molecular weight is 283 g/mol. The molecule has 0 saturated carbocycles. The molecule has 2 aromatic rings. The number of anilines is 1. The van der Waals surface area contributed by atoms with Gasteiger partial charge < -0.3 is 10.1 Å². The lowest BCUT2D eigenvalue weighted by atomic mass is 9.96. The van der Waals surface area contributed by atoms with Gasteiger partial charge in [-0.15, -0.1) is 0 Å². The molecule has 0 spiro atoms. The number of nitrogens with one attached hydrogen (secondary N) is 1. The molecule has 1 heterocycles. The van der Waals surface area contributed by atoms with Crippen LogP contribution in [0.25, 0.3) is 0 Å². The van der Waals surface area contributed by atoms with E-state index in [0.717, 1.165) is 37.4 Å². The van der Waals surface area contributed by atoms with E-state index in [1.807, 2.05) is 12.1 Å². The molecule has 21 heavy (non-hydrogen) atoms. The third kappa shape index (κ3) is 3.32. The first kappa shape index (κ1) is 13.9. The molecule has 0 amide bonds. The first-order chi connectivity index (χ1) is 10.4. The van der Waals surface area contributed by atoms with Crippen LogP contribution in [-0.2, 0) is 19.3 Å². The lowest BCUT2D eigenvalue weighted by Gasteiger charge is -2.18. The summed E-state index contributed by atoms with van der Waals surface area (Å²) in [5, 5.41) is 3.47. The van der Waals surface area contributed by atoms with Gasteiger partial charge in [0.25, 0.3) is 0 Å². The zero-order valence-corrected chi connectivity index (χ0v) is 12.4. The predicted molar refractivity (Wildman–Crippen MR) is 83.9 cm³/mol. The van der Waals surface area contributed by atoms with E-state index in [4.69, 9.17) is 4.74 Å². The van der Waals surface area contributed by atoms with Gasteiger partial charge in [-0.25, -0.2) is 9.97 Å². The molecule has 1 aromatic carbocycles. The Labute approximate surface area is 125 Å². The maximum atomic E-state index is 5.17. The number of benzene rings is 1. The zero-order valence-electron chi connectivity index (χ0n) is 12.4. The van der Waals surface area contributed by atoms with Crippen LogP contribution in [-0.4, -0.2) is 23.6 Å². The Bertz CT molecular complexity index is 595. The lowest BCUT2D eigenvalue weighted by molar-refractivity contribution is 0.414. The second-order valence-corrected chi connectivity index (χ2v) is 5.38. The summed E-state index contributed by atoms with van der Waals surface area (Å²) < 4.78 is 5.17. The van der Waals surface area contributed by atoms with Gasteiger partial charge in [-0.3, -0.25) is 0 Å². The molecule has 1 N–H and O–H groups in total. The summed E-state index contributed by atoms with van der Waals surface area (Å²) in [6.45, 7) is 0.885. The van der Waals surface area contributed by atoms with Gasteiger partial charge >= 0.3 is 0 Å². The van der Waals surface area contributed by atoms with Crippen molar-refractivity contribution in [2.75, 3.05) is 19.0 Å². The monoisotopic (exact) mass is 283 g/mol. The molecule has 1 aliphatic carbocycles. The first-order valence-electron chi connectivity index (χ1n) is 7.56. The second-order valence-electron chi connectivity index (χ2n) is 5.38. The molecule has 0 aliphatic heterocycles. The maximum absolute atomic E-state index is 5.17. The first-order valence-corrected chi connectivity index (χ1v) is 7.56. The Morgan fingerprint density at radius 1 is 1.10 bits per heavy atom. The van der Waals surface area contributed by atoms with Gasteiger partial charge in [-0.2, -0.15) is 0 Å². The largest absolute Gasteiger partial charge is 0.497 e. The molecule has 110 valence electrons. The fourth-order valence-electron chi connectivity index (χ4n) is 2.79. The maximum Gasteiger partial charge on any atom is 0.132 e. The van der Waals surface area contributed by atoms with E-state index in [1.54, 1.807) is 13.4 Å². The van der Waals surface area contributed by atoms with E-state index in [1.165, 1.54) is 29.7 Å². The molecule has 0 unspecified atom stereocenters. The Morgan fingerprint density at radius 3 is 2.71 bits per heavy atom. The number of rotatable bonds is 5. The molecule has 0 atom stereocenters. The van der Waals surface area contributed by atoms with Gasteiger partial charge in [-0.05, 0) is 49.8 Å². The highest BCUT2D eigenvalue weighted by molar-refractivity contribution is 5.47. The predicted octanol–water partition coefficient (Wildman–Crippen LogP) is 3.02. The van der Waals surface area contributed by atoms with Crippen LogP contribution in [0.3, 0.4) is 0 Å². The summed E-state index contributed by atoms with van der Waals surface area (Å²) in [6, 6.07) is 8.22. The van der Waals surface area contributed by atoms with Gasteiger partial charge in [0, 0.05) is 17.8 Å². The number of hydrogen-bond donors (Lipinski definition) is 1. The summed E-state index contributed by atoms with van der Waals surface area (Å²) in [6.07, 6.45) is 7.33. The van der Waals surface area contributed by atoms with Crippen molar-refractivity contribution >= 4 is 5.82 Å². The average Bonchev–Trinajstić information content (AvgIpc) is 2.56. The highest BCUT2D eigenvalue weighted by atomic mass is 16.5. The van der Waals surface area contributed by atoms with E-state index in [9.17, 15) is 0 Å². The summed E-state index contributed by atoms with van der Waals surface area (Å²) >= 11 is 0. The van der Waals surface area contributed by atoms with Crippen molar-refractivity contribution in [1.82, 2.24) is 9.97 Å². The van der Waals surface area contributed by atoms with E-state index in [0.29, 0.717) is 0 Å². The minimum Gasteiger partial charge on any atom is -0.497 e. The molecule has 4 heteroatoms. The Hall–Kier alpha value is -2.10. The minimum atomic E-state index is 0.885. The number of aromatic nitrogens is 2. The van der Waals surface area contributed by atoms with Gasteiger partial charge in [0.05, 0.1) is 7.11 Å². The number of nitrogens with zero attached hydrogens (tertiary/aromatic N) is 2. The summed E-state index contributed by atoms with van der Waals surface area (Å²) in [7, 11) is 1.69. The van der Waals surface area contributed by atoms with E-state index in [-0.39, 0.29) is 0 Å². The van der Waals surface area contributed by atoms with Gasteiger partial charge in [0.1, 0.15) is 17.9 Å². The number of fused-ring (bicyclic) bond motifs is 1. The summed E-state index contributed by atoms with van der Waals surface area (Å²) in [5.41, 5.74) is 3.84.